The molecule has 0 radical (unpaired) electrons. The van der Waals surface area contributed by atoms with Crippen molar-refractivity contribution in [2.75, 3.05) is 0 Å². The van der Waals surface area contributed by atoms with Gasteiger partial charge in [0.05, 0.1) is 23.4 Å². The number of rotatable bonds is 3. The highest BCUT2D eigenvalue weighted by atomic mass is 35.5. The van der Waals surface area contributed by atoms with Crippen molar-refractivity contribution in [3.05, 3.63) is 28.5 Å². The van der Waals surface area contributed by atoms with Gasteiger partial charge >= 0.3 is 0 Å². The zero-order valence-electron chi connectivity index (χ0n) is 7.85. The van der Waals surface area contributed by atoms with Crippen molar-refractivity contribution in [2.24, 2.45) is 0 Å². The van der Waals surface area contributed by atoms with Crippen LogP contribution in [0, 0.1) is 11.8 Å². The zero-order valence-corrected chi connectivity index (χ0v) is 8.61. The molecule has 14 heavy (non-hydrogen) atoms. The Balaban J connectivity index is 2.79. The van der Waals surface area contributed by atoms with E-state index in [2.05, 4.69) is 4.98 Å². The second-order valence-corrected chi connectivity index (χ2v) is 3.47. The molecule has 0 unspecified atom stereocenters. The van der Waals surface area contributed by atoms with E-state index in [9.17, 15) is 8.78 Å². The summed E-state index contributed by atoms with van der Waals surface area (Å²) in [7, 11) is 0. The zero-order chi connectivity index (χ0) is 10.7. The Bertz CT molecular complexity index is 308. The highest BCUT2D eigenvalue weighted by molar-refractivity contribution is 6.30. The van der Waals surface area contributed by atoms with Crippen molar-refractivity contribution < 1.29 is 13.5 Å². The van der Waals surface area contributed by atoms with Crippen LogP contribution in [0.25, 0.3) is 0 Å². The van der Waals surface area contributed by atoms with Crippen LogP contribution in [0.15, 0.2) is 6.07 Å². The largest absolute Gasteiger partial charge is 0.373 e. The van der Waals surface area contributed by atoms with Crippen molar-refractivity contribution >= 4 is 11.6 Å². The van der Waals surface area contributed by atoms with Crippen LogP contribution in [-0.2, 0) is 11.3 Å². The molecule has 0 fully saturated rings. The lowest BCUT2D eigenvalue weighted by molar-refractivity contribution is 0.0630. The van der Waals surface area contributed by atoms with Crippen LogP contribution in [0.1, 0.15) is 19.5 Å². The molecule has 0 aliphatic carbocycles. The molecule has 2 nitrogen and oxygen atoms in total. The fourth-order valence-corrected chi connectivity index (χ4v) is 1.05. The first kappa shape index (κ1) is 11.3. The van der Waals surface area contributed by atoms with Crippen LogP contribution in [-0.4, -0.2) is 11.1 Å². The summed E-state index contributed by atoms with van der Waals surface area (Å²) >= 11 is 5.42. The summed E-state index contributed by atoms with van der Waals surface area (Å²) in [6, 6.07) is 1.25. The van der Waals surface area contributed by atoms with Gasteiger partial charge in [-0.05, 0) is 19.9 Å². The summed E-state index contributed by atoms with van der Waals surface area (Å²) < 4.78 is 30.6. The van der Waals surface area contributed by atoms with Crippen LogP contribution in [0.4, 0.5) is 8.78 Å². The first-order valence-electron chi connectivity index (χ1n) is 4.12. The fraction of sp³-hybridized carbons (Fsp3) is 0.444. The maximum absolute atomic E-state index is 12.7. The molecule has 1 rings (SSSR count). The molecule has 0 saturated carbocycles. The highest BCUT2D eigenvalue weighted by Gasteiger charge is 2.10. The Morgan fingerprint density at radius 2 is 2.14 bits per heavy atom. The van der Waals surface area contributed by atoms with Gasteiger partial charge in [-0.1, -0.05) is 11.6 Å². The van der Waals surface area contributed by atoms with Crippen LogP contribution < -0.4 is 0 Å². The predicted molar refractivity (Wildman–Crippen MR) is 49.1 cm³/mol. The number of aromatic nitrogens is 1. The molecule has 0 amide bonds. The van der Waals surface area contributed by atoms with Gasteiger partial charge in [-0.3, -0.25) is 0 Å². The van der Waals surface area contributed by atoms with Crippen molar-refractivity contribution in [3.8, 4) is 0 Å². The van der Waals surface area contributed by atoms with Gasteiger partial charge in [0.25, 0.3) is 5.95 Å². The van der Waals surface area contributed by atoms with Crippen molar-refractivity contribution in [1.29, 1.82) is 0 Å². The molecular formula is C9H10ClF2NO. The van der Waals surface area contributed by atoms with Gasteiger partial charge in [0.15, 0.2) is 5.82 Å². The van der Waals surface area contributed by atoms with E-state index in [0.717, 1.165) is 0 Å². The van der Waals surface area contributed by atoms with Gasteiger partial charge in [0.1, 0.15) is 0 Å². The van der Waals surface area contributed by atoms with E-state index in [0.29, 0.717) is 0 Å². The smallest absolute Gasteiger partial charge is 0.250 e. The minimum Gasteiger partial charge on any atom is -0.373 e. The standard InChI is InChI=1S/C9H10ClF2NO/c1-5(2)14-4-6-3-7(10)8(11)9(12)13-6/h3,5H,4H2,1-2H3. The summed E-state index contributed by atoms with van der Waals surface area (Å²) in [5, 5.41) is -0.278. The molecular weight excluding hydrogens is 212 g/mol. The quantitative estimate of drug-likeness (QED) is 0.733. The predicted octanol–water partition coefficient (Wildman–Crippen LogP) is 2.94. The fourth-order valence-electron chi connectivity index (χ4n) is 0.842. The maximum atomic E-state index is 12.7. The molecule has 0 spiro atoms. The summed E-state index contributed by atoms with van der Waals surface area (Å²) in [4.78, 5) is 3.35. The maximum Gasteiger partial charge on any atom is 0.250 e. The second-order valence-electron chi connectivity index (χ2n) is 3.06. The number of hydrogen-bond acceptors (Lipinski definition) is 2. The Labute approximate surface area is 85.9 Å². The molecule has 0 N–H and O–H groups in total. The third-order valence-corrected chi connectivity index (χ3v) is 1.77. The molecule has 1 aromatic heterocycles. The lowest BCUT2D eigenvalue weighted by Crippen LogP contribution is -2.05. The van der Waals surface area contributed by atoms with Gasteiger partial charge in [-0.15, -0.1) is 0 Å². The number of nitrogens with zero attached hydrogens (tertiary/aromatic N) is 1. The van der Waals surface area contributed by atoms with Crippen molar-refractivity contribution in [1.82, 2.24) is 4.98 Å². The molecule has 1 heterocycles. The summed E-state index contributed by atoms with van der Waals surface area (Å²) in [5.41, 5.74) is 0.280. The minimum absolute atomic E-state index is 0.00342. The Morgan fingerprint density at radius 3 is 2.64 bits per heavy atom. The van der Waals surface area contributed by atoms with E-state index in [4.69, 9.17) is 16.3 Å². The van der Waals surface area contributed by atoms with Crippen LogP contribution in [0.3, 0.4) is 0 Å². The first-order chi connectivity index (χ1) is 6.50. The topological polar surface area (TPSA) is 22.1 Å². The number of halogens is 3. The third kappa shape index (κ3) is 2.89. The average Bonchev–Trinajstić information content (AvgIpc) is 2.10. The highest BCUT2D eigenvalue weighted by Crippen LogP contribution is 2.17. The number of hydrogen-bond donors (Lipinski definition) is 0. The van der Waals surface area contributed by atoms with E-state index in [1.54, 1.807) is 0 Å². The van der Waals surface area contributed by atoms with Crippen LogP contribution in [0.2, 0.25) is 5.02 Å². The van der Waals surface area contributed by atoms with Gasteiger partial charge in [0, 0.05) is 0 Å². The molecule has 0 aliphatic heterocycles. The Morgan fingerprint density at radius 1 is 1.50 bits per heavy atom. The van der Waals surface area contributed by atoms with Crippen LogP contribution in [0.5, 0.6) is 0 Å². The summed E-state index contributed by atoms with van der Waals surface area (Å²) in [6.07, 6.45) is 0.00342. The van der Waals surface area contributed by atoms with Gasteiger partial charge in [-0.25, -0.2) is 9.37 Å². The third-order valence-electron chi connectivity index (χ3n) is 1.49. The van der Waals surface area contributed by atoms with Crippen molar-refractivity contribution in [3.63, 3.8) is 0 Å². The molecule has 0 atom stereocenters. The first-order valence-corrected chi connectivity index (χ1v) is 4.50. The minimum atomic E-state index is -1.19. The molecule has 0 bridgehead atoms. The van der Waals surface area contributed by atoms with Gasteiger partial charge < -0.3 is 4.74 Å². The monoisotopic (exact) mass is 221 g/mol. The number of ether oxygens (including phenoxy) is 1. The Hall–Kier alpha value is -0.740. The summed E-state index contributed by atoms with van der Waals surface area (Å²) in [5.74, 6) is -2.32. The van der Waals surface area contributed by atoms with E-state index in [-0.39, 0.29) is 23.4 Å². The van der Waals surface area contributed by atoms with E-state index < -0.39 is 11.8 Å². The second kappa shape index (κ2) is 4.66. The van der Waals surface area contributed by atoms with E-state index >= 15 is 0 Å². The molecule has 5 heteroatoms. The molecule has 0 aliphatic rings. The lowest BCUT2D eigenvalue weighted by atomic mass is 10.3. The molecule has 1 aromatic rings. The molecule has 78 valence electrons. The SMILES string of the molecule is CC(C)OCc1cc(Cl)c(F)c(F)n1. The van der Waals surface area contributed by atoms with E-state index in [1.807, 2.05) is 13.8 Å². The van der Waals surface area contributed by atoms with Gasteiger partial charge in [0.2, 0.25) is 0 Å². The molecule has 0 aromatic carbocycles. The average molecular weight is 222 g/mol. The lowest BCUT2D eigenvalue weighted by Gasteiger charge is -2.07. The normalized spacial score (nSPS) is 11.0. The number of pyridine rings is 1. The van der Waals surface area contributed by atoms with Crippen molar-refractivity contribution in [2.45, 2.75) is 26.6 Å². The summed E-state index contributed by atoms with van der Waals surface area (Å²) in [6.45, 7) is 3.79. The molecule has 0 saturated heterocycles. The van der Waals surface area contributed by atoms with E-state index in [1.165, 1.54) is 6.07 Å². The van der Waals surface area contributed by atoms with Crippen LogP contribution >= 0.6 is 11.6 Å². The Kier molecular flexibility index (Phi) is 3.77. The van der Waals surface area contributed by atoms with Gasteiger partial charge in [-0.2, -0.15) is 4.39 Å².